The van der Waals surface area contributed by atoms with Crippen molar-refractivity contribution < 1.29 is 13.5 Å². The minimum atomic E-state index is -3.69. The fourth-order valence-corrected chi connectivity index (χ4v) is 4.39. The summed E-state index contributed by atoms with van der Waals surface area (Å²) in [6, 6.07) is 6.89. The summed E-state index contributed by atoms with van der Waals surface area (Å²) in [6.07, 6.45) is 0. The lowest BCUT2D eigenvalue weighted by molar-refractivity contribution is 0.282. The molecule has 7 heteroatoms. The SMILES string of the molecule is Cc1ccc(NS(=O)(=O)c2ccsc2CO)cc1N(C)C. The van der Waals surface area contributed by atoms with E-state index in [4.69, 9.17) is 0 Å². The molecule has 0 spiro atoms. The van der Waals surface area contributed by atoms with Crippen LogP contribution in [0.15, 0.2) is 34.5 Å². The van der Waals surface area contributed by atoms with Crippen molar-refractivity contribution >= 4 is 32.7 Å². The second-order valence-electron chi connectivity index (χ2n) is 4.87. The number of nitrogens with zero attached hydrogens (tertiary/aromatic N) is 1. The predicted octanol–water partition coefficient (Wildman–Crippen LogP) is 2.42. The second kappa shape index (κ2) is 6.05. The number of anilines is 2. The van der Waals surface area contributed by atoms with Crippen LogP contribution in [-0.4, -0.2) is 27.6 Å². The molecule has 2 rings (SSSR count). The zero-order valence-electron chi connectivity index (χ0n) is 12.1. The summed E-state index contributed by atoms with van der Waals surface area (Å²) in [5, 5.41) is 10.9. The third-order valence-electron chi connectivity index (χ3n) is 3.08. The molecule has 1 aromatic heterocycles. The Morgan fingerprint density at radius 1 is 1.29 bits per heavy atom. The molecule has 0 aliphatic rings. The van der Waals surface area contributed by atoms with Crippen LogP contribution in [0, 0.1) is 6.92 Å². The van der Waals surface area contributed by atoms with E-state index < -0.39 is 10.0 Å². The number of hydrogen-bond acceptors (Lipinski definition) is 5. The van der Waals surface area contributed by atoms with Gasteiger partial charge in [-0.2, -0.15) is 0 Å². The highest BCUT2D eigenvalue weighted by Crippen LogP contribution is 2.27. The van der Waals surface area contributed by atoms with E-state index in [-0.39, 0.29) is 11.5 Å². The van der Waals surface area contributed by atoms with Crippen molar-refractivity contribution in [3.05, 3.63) is 40.1 Å². The van der Waals surface area contributed by atoms with Gasteiger partial charge >= 0.3 is 0 Å². The van der Waals surface area contributed by atoms with Gasteiger partial charge in [0, 0.05) is 19.8 Å². The second-order valence-corrected chi connectivity index (χ2v) is 7.52. The summed E-state index contributed by atoms with van der Waals surface area (Å²) in [5.74, 6) is 0. The number of thiophene rings is 1. The van der Waals surface area contributed by atoms with Crippen LogP contribution < -0.4 is 9.62 Å². The lowest BCUT2D eigenvalue weighted by Crippen LogP contribution is -2.15. The van der Waals surface area contributed by atoms with Crippen LogP contribution in [0.5, 0.6) is 0 Å². The lowest BCUT2D eigenvalue weighted by atomic mass is 10.2. The number of rotatable bonds is 5. The number of aliphatic hydroxyl groups excluding tert-OH is 1. The Morgan fingerprint density at radius 3 is 2.62 bits per heavy atom. The van der Waals surface area contributed by atoms with Gasteiger partial charge in [0.05, 0.1) is 17.2 Å². The first-order valence-corrected chi connectivity index (χ1v) is 8.69. The van der Waals surface area contributed by atoms with Crippen LogP contribution in [0.1, 0.15) is 10.4 Å². The minimum absolute atomic E-state index is 0.127. The van der Waals surface area contributed by atoms with Crippen molar-refractivity contribution in [2.45, 2.75) is 18.4 Å². The first kappa shape index (κ1) is 15.8. The van der Waals surface area contributed by atoms with E-state index in [0.29, 0.717) is 10.6 Å². The molecule has 0 radical (unpaired) electrons. The molecule has 21 heavy (non-hydrogen) atoms. The molecule has 0 saturated carbocycles. The van der Waals surface area contributed by atoms with E-state index in [2.05, 4.69) is 4.72 Å². The van der Waals surface area contributed by atoms with Crippen LogP contribution in [0.2, 0.25) is 0 Å². The standard InChI is InChI=1S/C14H18N2O3S2/c1-10-4-5-11(8-12(10)16(2)3)15-21(18,19)14-6-7-20-13(14)9-17/h4-8,15,17H,9H2,1-3H3. The Kier molecular flexibility index (Phi) is 4.55. The van der Waals surface area contributed by atoms with Gasteiger partial charge in [0.25, 0.3) is 10.0 Å². The monoisotopic (exact) mass is 326 g/mol. The molecule has 0 amide bonds. The maximum Gasteiger partial charge on any atom is 0.263 e. The van der Waals surface area contributed by atoms with E-state index in [1.165, 1.54) is 17.4 Å². The zero-order valence-corrected chi connectivity index (χ0v) is 13.8. The number of aryl methyl sites for hydroxylation is 1. The molecule has 1 heterocycles. The van der Waals surface area contributed by atoms with Crippen LogP contribution >= 0.6 is 11.3 Å². The smallest absolute Gasteiger partial charge is 0.263 e. The van der Waals surface area contributed by atoms with E-state index in [9.17, 15) is 13.5 Å². The summed E-state index contributed by atoms with van der Waals surface area (Å²) in [7, 11) is 0.126. The van der Waals surface area contributed by atoms with Crippen LogP contribution in [-0.2, 0) is 16.6 Å². The van der Waals surface area contributed by atoms with Gasteiger partial charge in [0.15, 0.2) is 0 Å². The van der Waals surface area contributed by atoms with Crippen LogP contribution in [0.3, 0.4) is 0 Å². The first-order chi connectivity index (χ1) is 9.85. The first-order valence-electron chi connectivity index (χ1n) is 6.33. The summed E-state index contributed by atoms with van der Waals surface area (Å²) < 4.78 is 27.3. The van der Waals surface area contributed by atoms with Crippen molar-refractivity contribution in [2.75, 3.05) is 23.7 Å². The van der Waals surface area contributed by atoms with E-state index >= 15 is 0 Å². The van der Waals surface area contributed by atoms with Gasteiger partial charge < -0.3 is 10.0 Å². The Hall–Kier alpha value is -1.57. The van der Waals surface area contributed by atoms with Gasteiger partial charge in [-0.25, -0.2) is 8.42 Å². The van der Waals surface area contributed by atoms with E-state index in [1.807, 2.05) is 32.0 Å². The summed E-state index contributed by atoms with van der Waals surface area (Å²) in [6.45, 7) is 1.68. The maximum atomic E-state index is 12.4. The number of benzene rings is 1. The van der Waals surface area contributed by atoms with Crippen molar-refractivity contribution in [1.82, 2.24) is 0 Å². The van der Waals surface area contributed by atoms with Crippen LogP contribution in [0.25, 0.3) is 0 Å². The van der Waals surface area contributed by atoms with Gasteiger partial charge in [-0.3, -0.25) is 4.72 Å². The van der Waals surface area contributed by atoms with Crippen molar-refractivity contribution in [2.24, 2.45) is 0 Å². The Labute approximate surface area is 128 Å². The third-order valence-corrected chi connectivity index (χ3v) is 5.58. The van der Waals surface area contributed by atoms with Gasteiger partial charge in [0.2, 0.25) is 0 Å². The highest BCUT2D eigenvalue weighted by molar-refractivity contribution is 7.93. The number of hydrogen-bond donors (Lipinski definition) is 2. The molecular formula is C14H18N2O3S2. The molecule has 0 atom stereocenters. The van der Waals surface area contributed by atoms with Crippen molar-refractivity contribution in [3.63, 3.8) is 0 Å². The van der Waals surface area contributed by atoms with Crippen molar-refractivity contribution in [1.29, 1.82) is 0 Å². The lowest BCUT2D eigenvalue weighted by Gasteiger charge is -2.17. The molecule has 114 valence electrons. The van der Waals surface area contributed by atoms with E-state index in [0.717, 1.165) is 11.3 Å². The quantitative estimate of drug-likeness (QED) is 0.885. The molecule has 1 aromatic carbocycles. The average Bonchev–Trinajstić information content (AvgIpc) is 2.89. The molecule has 5 nitrogen and oxygen atoms in total. The Morgan fingerprint density at radius 2 is 2.00 bits per heavy atom. The van der Waals surface area contributed by atoms with Crippen LogP contribution in [0.4, 0.5) is 11.4 Å². The summed E-state index contributed by atoms with van der Waals surface area (Å²) >= 11 is 1.22. The third kappa shape index (κ3) is 3.37. The topological polar surface area (TPSA) is 69.6 Å². The van der Waals surface area contributed by atoms with Gasteiger partial charge in [-0.1, -0.05) is 6.07 Å². The molecular weight excluding hydrogens is 308 g/mol. The summed E-state index contributed by atoms with van der Waals surface area (Å²) in [4.78, 5) is 2.49. The molecule has 0 fully saturated rings. The number of sulfonamides is 1. The molecule has 0 saturated heterocycles. The largest absolute Gasteiger partial charge is 0.391 e. The Balaban J connectivity index is 2.35. The Bertz CT molecular complexity index is 736. The predicted molar refractivity (Wildman–Crippen MR) is 86.6 cm³/mol. The average molecular weight is 326 g/mol. The molecule has 2 aromatic rings. The summed E-state index contributed by atoms with van der Waals surface area (Å²) in [5.41, 5.74) is 2.51. The van der Waals surface area contributed by atoms with Gasteiger partial charge in [-0.15, -0.1) is 11.3 Å². The number of nitrogens with one attached hydrogen (secondary N) is 1. The zero-order chi connectivity index (χ0) is 15.6. The van der Waals surface area contributed by atoms with Gasteiger partial charge in [-0.05, 0) is 36.1 Å². The highest BCUT2D eigenvalue weighted by atomic mass is 32.2. The maximum absolute atomic E-state index is 12.4. The molecule has 0 aliphatic carbocycles. The molecule has 2 N–H and O–H groups in total. The normalized spacial score (nSPS) is 11.4. The number of aliphatic hydroxyl groups is 1. The van der Waals surface area contributed by atoms with Gasteiger partial charge in [0.1, 0.15) is 4.90 Å². The van der Waals surface area contributed by atoms with E-state index in [1.54, 1.807) is 17.5 Å². The highest BCUT2D eigenvalue weighted by Gasteiger charge is 2.19. The molecule has 0 bridgehead atoms. The van der Waals surface area contributed by atoms with Crippen molar-refractivity contribution in [3.8, 4) is 0 Å². The molecule has 0 unspecified atom stereocenters. The minimum Gasteiger partial charge on any atom is -0.391 e. The fraction of sp³-hybridized carbons (Fsp3) is 0.286. The molecule has 0 aliphatic heterocycles. The fourth-order valence-electron chi connectivity index (χ4n) is 2.05.